The van der Waals surface area contributed by atoms with Crippen LogP contribution in [0, 0.1) is 10.8 Å². The van der Waals surface area contributed by atoms with Gasteiger partial charge in [-0.05, 0) is 49.7 Å². The average molecular weight is 455 g/mol. The minimum absolute atomic E-state index is 0.00882. The zero-order valence-electron chi connectivity index (χ0n) is 16.4. The molecule has 2 bridgehead atoms. The molecule has 1 aromatic carbocycles. The number of halogens is 4. The van der Waals surface area contributed by atoms with E-state index in [1.54, 1.807) is 0 Å². The Hall–Kier alpha value is -3.01. The van der Waals surface area contributed by atoms with Crippen LogP contribution in [0.4, 0.5) is 13.2 Å². The van der Waals surface area contributed by atoms with Gasteiger partial charge in [0.2, 0.25) is 0 Å². The number of allylic oxidation sites excluding steroid dienone is 2. The van der Waals surface area contributed by atoms with E-state index in [-0.39, 0.29) is 29.5 Å². The molecule has 166 valence electrons. The molecule has 0 aromatic heterocycles. The number of hydrogen-bond donors (Lipinski definition) is 4. The van der Waals surface area contributed by atoms with Crippen molar-refractivity contribution in [3.05, 3.63) is 58.4 Å². The van der Waals surface area contributed by atoms with E-state index in [1.165, 1.54) is 34.2 Å². The van der Waals surface area contributed by atoms with Crippen LogP contribution in [0.5, 0.6) is 0 Å². The number of piperidine rings is 1. The molecule has 0 spiro atoms. The smallest absolute Gasteiger partial charge is 0.405 e. The number of carbonyl (C=O) groups is 1. The third-order valence-electron chi connectivity index (χ3n) is 5.44. The fourth-order valence-electron chi connectivity index (χ4n) is 3.98. The molecule has 2 aliphatic heterocycles. The van der Waals surface area contributed by atoms with Crippen LogP contribution >= 0.6 is 11.6 Å². The Morgan fingerprint density at radius 3 is 2.65 bits per heavy atom. The Morgan fingerprint density at radius 2 is 2.00 bits per heavy atom. The molecule has 1 aromatic rings. The van der Waals surface area contributed by atoms with Crippen LogP contribution in [-0.4, -0.2) is 46.0 Å². The van der Waals surface area contributed by atoms with Gasteiger partial charge in [-0.15, -0.1) is 0 Å². The maximum Gasteiger partial charge on any atom is 0.417 e. The Bertz CT molecular complexity index is 974. The fourth-order valence-corrected chi connectivity index (χ4v) is 4.30. The lowest BCUT2D eigenvalue weighted by atomic mass is 9.89. The van der Waals surface area contributed by atoms with Gasteiger partial charge >= 0.3 is 6.18 Å². The van der Waals surface area contributed by atoms with Gasteiger partial charge in [0, 0.05) is 6.54 Å². The molecule has 0 aliphatic carbocycles. The second-order valence-electron chi connectivity index (χ2n) is 7.33. The Balaban J connectivity index is 1.93. The zero-order valence-corrected chi connectivity index (χ0v) is 17.2. The largest absolute Gasteiger partial charge is 0.417 e. The Kier molecular flexibility index (Phi) is 6.30. The second-order valence-corrected chi connectivity index (χ2v) is 7.71. The summed E-state index contributed by atoms with van der Waals surface area (Å²) >= 11 is 5.96. The minimum Gasteiger partial charge on any atom is -0.405 e. The summed E-state index contributed by atoms with van der Waals surface area (Å²) in [5.74, 6) is -0.758. The van der Waals surface area contributed by atoms with E-state index in [0.29, 0.717) is 12.8 Å². The lowest BCUT2D eigenvalue weighted by Gasteiger charge is -2.50. The molecular formula is C20H22ClF3N6O. The van der Waals surface area contributed by atoms with Gasteiger partial charge < -0.3 is 21.3 Å². The molecule has 0 radical (unpaired) electrons. The summed E-state index contributed by atoms with van der Waals surface area (Å²) in [5.41, 5.74) is 9.95. The van der Waals surface area contributed by atoms with Gasteiger partial charge in [-0.1, -0.05) is 17.7 Å². The molecule has 6 N–H and O–H groups in total. The van der Waals surface area contributed by atoms with Crippen molar-refractivity contribution in [3.63, 3.8) is 0 Å². The first-order valence-corrected chi connectivity index (χ1v) is 9.93. The number of likely N-dealkylation sites (tertiary alicyclic amines) is 1. The molecule has 0 saturated carbocycles. The molecule has 3 rings (SSSR count). The van der Waals surface area contributed by atoms with Crippen LogP contribution in [0.15, 0.2) is 42.2 Å². The first kappa shape index (κ1) is 22.7. The summed E-state index contributed by atoms with van der Waals surface area (Å²) < 4.78 is 39.7. The molecule has 2 unspecified atom stereocenters. The number of alkyl halides is 3. The quantitative estimate of drug-likeness (QED) is 0.318. The Morgan fingerprint density at radius 1 is 1.29 bits per heavy atom. The topological polar surface area (TPSA) is 123 Å². The van der Waals surface area contributed by atoms with Gasteiger partial charge in [0.25, 0.3) is 5.91 Å². The van der Waals surface area contributed by atoms with Gasteiger partial charge in [0.1, 0.15) is 11.7 Å². The predicted octanol–water partition coefficient (Wildman–Crippen LogP) is 3.31. The molecule has 2 saturated heterocycles. The number of hydrogen-bond acceptors (Lipinski definition) is 5. The number of amides is 1. The number of carbonyl (C=O) groups excluding carboxylic acids is 1. The van der Waals surface area contributed by atoms with E-state index in [2.05, 4.69) is 0 Å². The number of fused-ring (bicyclic) bond motifs is 2. The molecule has 2 aliphatic rings. The maximum atomic E-state index is 13.3. The van der Waals surface area contributed by atoms with Crippen molar-refractivity contribution in [2.24, 2.45) is 11.5 Å². The van der Waals surface area contributed by atoms with Crippen LogP contribution in [0.25, 0.3) is 0 Å². The Labute approximate surface area is 182 Å². The number of nitrogens with zero attached hydrogens (tertiary/aromatic N) is 2. The van der Waals surface area contributed by atoms with Crippen molar-refractivity contribution < 1.29 is 18.0 Å². The lowest BCUT2D eigenvalue weighted by Crippen LogP contribution is -2.66. The van der Waals surface area contributed by atoms with Crippen molar-refractivity contribution in [1.82, 2.24) is 9.80 Å². The van der Waals surface area contributed by atoms with Gasteiger partial charge in [-0.2, -0.15) is 13.2 Å². The van der Waals surface area contributed by atoms with E-state index >= 15 is 0 Å². The van der Waals surface area contributed by atoms with Crippen molar-refractivity contribution in [1.29, 1.82) is 10.8 Å². The molecule has 11 heteroatoms. The highest BCUT2D eigenvalue weighted by atomic mass is 35.5. The summed E-state index contributed by atoms with van der Waals surface area (Å²) in [6, 6.07) is 2.14. The molecule has 2 atom stereocenters. The van der Waals surface area contributed by atoms with E-state index in [4.69, 9.17) is 33.9 Å². The van der Waals surface area contributed by atoms with E-state index in [9.17, 15) is 18.0 Å². The highest BCUT2D eigenvalue weighted by Crippen LogP contribution is 2.38. The summed E-state index contributed by atoms with van der Waals surface area (Å²) in [7, 11) is 0. The number of nitrogens with two attached hydrogens (primary N) is 2. The number of rotatable bonds is 3. The lowest BCUT2D eigenvalue weighted by molar-refractivity contribution is -0.137. The predicted molar refractivity (Wildman–Crippen MR) is 112 cm³/mol. The van der Waals surface area contributed by atoms with Crippen molar-refractivity contribution in [2.45, 2.75) is 37.5 Å². The van der Waals surface area contributed by atoms with Crippen LogP contribution in [0.1, 0.15) is 35.2 Å². The number of nitrogens with one attached hydrogen (secondary N) is 2. The molecule has 31 heavy (non-hydrogen) atoms. The first-order valence-electron chi connectivity index (χ1n) is 9.55. The molecule has 1 amide bonds. The maximum absolute atomic E-state index is 13.3. The van der Waals surface area contributed by atoms with Gasteiger partial charge in [0.15, 0.2) is 0 Å². The highest BCUT2D eigenvalue weighted by molar-refractivity contribution is 6.34. The second kappa shape index (κ2) is 8.62. The molecule has 7 nitrogen and oxygen atoms in total. The fraction of sp³-hybridized carbons (Fsp3) is 0.350. The monoisotopic (exact) mass is 454 g/mol. The van der Waals surface area contributed by atoms with E-state index in [0.717, 1.165) is 18.6 Å². The summed E-state index contributed by atoms with van der Waals surface area (Å²) in [6.45, 7) is 0.136. The molecule has 2 heterocycles. The van der Waals surface area contributed by atoms with Crippen molar-refractivity contribution in [2.75, 3.05) is 6.54 Å². The third-order valence-corrected chi connectivity index (χ3v) is 5.85. The normalized spacial score (nSPS) is 22.2. The summed E-state index contributed by atoms with van der Waals surface area (Å²) in [5, 5.41) is 16.2. The van der Waals surface area contributed by atoms with E-state index < -0.39 is 34.8 Å². The first-order chi connectivity index (χ1) is 14.6. The number of amidine groups is 2. The van der Waals surface area contributed by atoms with Gasteiger partial charge in [-0.25, -0.2) is 0 Å². The standard InChI is InChI=1S/C20H22ClF3N6O/c21-16-12(5-2-6-13(16)20(22,23)24)19(31)30-11-4-1-8-15(30)18(28)29(10-11)17(27)14(26)7-3-9-25/h2-3,5-7,9,11,15,27-28H,1,4,8,10,25-26H2/b9-3-,14-7-,27-17?,28-18?. The van der Waals surface area contributed by atoms with Crippen molar-refractivity contribution in [3.8, 4) is 0 Å². The van der Waals surface area contributed by atoms with Crippen LogP contribution in [-0.2, 0) is 6.18 Å². The van der Waals surface area contributed by atoms with Crippen LogP contribution in [0.2, 0.25) is 5.02 Å². The average Bonchev–Trinajstić information content (AvgIpc) is 2.72. The summed E-state index contributed by atoms with van der Waals surface area (Å²) in [4.78, 5) is 16.1. The van der Waals surface area contributed by atoms with Crippen LogP contribution < -0.4 is 11.5 Å². The highest BCUT2D eigenvalue weighted by Gasteiger charge is 2.45. The summed E-state index contributed by atoms with van der Waals surface area (Å²) in [6.07, 6.45) is 1.26. The SMILES string of the molecule is N=C(/C(N)=C/C=C\N)N1CC2CCCC(C1=N)N2C(=O)c1cccc(C(F)(F)F)c1Cl. The molecule has 2 fully saturated rings. The third kappa shape index (κ3) is 4.25. The van der Waals surface area contributed by atoms with E-state index in [1.807, 2.05) is 0 Å². The number of piperazine rings is 1. The zero-order chi connectivity index (χ0) is 22.9. The van der Waals surface area contributed by atoms with Gasteiger partial charge in [0.05, 0.1) is 33.9 Å². The minimum atomic E-state index is -4.69. The molecular weight excluding hydrogens is 433 g/mol. The van der Waals surface area contributed by atoms with Crippen molar-refractivity contribution >= 4 is 29.2 Å². The number of benzene rings is 1. The van der Waals surface area contributed by atoms with Crippen LogP contribution in [0.3, 0.4) is 0 Å². The van der Waals surface area contributed by atoms with Gasteiger partial charge in [-0.3, -0.25) is 15.6 Å².